The summed E-state index contributed by atoms with van der Waals surface area (Å²) < 4.78 is 0. The molecule has 1 fully saturated rings. The highest BCUT2D eigenvalue weighted by molar-refractivity contribution is 5.66. The summed E-state index contributed by atoms with van der Waals surface area (Å²) in [6.07, 6.45) is 1.48. The minimum atomic E-state index is -0.694. The molecule has 1 N–H and O–H groups in total. The Bertz CT molecular complexity index is 177. The van der Waals surface area contributed by atoms with Crippen LogP contribution in [0.4, 0.5) is 0 Å². The minimum absolute atomic E-state index is 0.272. The number of piperazine rings is 1. The van der Waals surface area contributed by atoms with E-state index in [0.717, 1.165) is 26.2 Å². The number of carboxylic acids is 1. The van der Waals surface area contributed by atoms with E-state index in [1.165, 1.54) is 13.0 Å². The average Bonchev–Trinajstić information content (AvgIpc) is 2.17. The van der Waals surface area contributed by atoms with Crippen molar-refractivity contribution < 1.29 is 9.90 Å². The molecule has 0 spiro atoms. The van der Waals surface area contributed by atoms with E-state index in [9.17, 15) is 4.79 Å². The highest BCUT2D eigenvalue weighted by Crippen LogP contribution is 2.02. The van der Waals surface area contributed by atoms with Crippen LogP contribution < -0.4 is 0 Å². The van der Waals surface area contributed by atoms with Gasteiger partial charge in [0.05, 0.1) is 6.42 Å². The Labute approximate surface area is 85.5 Å². The van der Waals surface area contributed by atoms with Crippen molar-refractivity contribution in [2.45, 2.75) is 19.8 Å². The van der Waals surface area contributed by atoms with Crippen LogP contribution in [-0.4, -0.2) is 60.1 Å². The van der Waals surface area contributed by atoms with Gasteiger partial charge in [-0.05, 0) is 13.0 Å². The molecule has 0 bridgehead atoms. The maximum Gasteiger partial charge on any atom is 0.304 e. The van der Waals surface area contributed by atoms with Crippen molar-refractivity contribution in [3.05, 3.63) is 0 Å². The Hall–Kier alpha value is -0.610. The number of rotatable bonds is 5. The van der Waals surface area contributed by atoms with E-state index in [4.69, 9.17) is 5.11 Å². The highest BCUT2D eigenvalue weighted by atomic mass is 16.4. The molecule has 0 aliphatic carbocycles. The number of hydrogen-bond donors (Lipinski definition) is 1. The maximum atomic E-state index is 10.4. The van der Waals surface area contributed by atoms with Crippen LogP contribution in [0.25, 0.3) is 0 Å². The molecule has 0 aromatic rings. The van der Waals surface area contributed by atoms with Crippen LogP contribution in [0, 0.1) is 0 Å². The largest absolute Gasteiger partial charge is 0.481 e. The molecular formula is C10H20N2O2. The summed E-state index contributed by atoms with van der Waals surface area (Å²) in [5.74, 6) is -0.694. The lowest BCUT2D eigenvalue weighted by atomic mass is 10.3. The minimum Gasteiger partial charge on any atom is -0.481 e. The first-order valence-electron chi connectivity index (χ1n) is 5.39. The third-order valence-electron chi connectivity index (χ3n) is 2.65. The number of carboxylic acid groups (broad SMARTS) is 1. The van der Waals surface area contributed by atoms with Gasteiger partial charge in [-0.1, -0.05) is 6.92 Å². The van der Waals surface area contributed by atoms with Gasteiger partial charge in [0.15, 0.2) is 0 Å². The van der Waals surface area contributed by atoms with E-state index < -0.39 is 5.97 Å². The van der Waals surface area contributed by atoms with Gasteiger partial charge in [-0.2, -0.15) is 0 Å². The number of nitrogens with zero attached hydrogens (tertiary/aromatic N) is 2. The smallest absolute Gasteiger partial charge is 0.304 e. The van der Waals surface area contributed by atoms with Crippen molar-refractivity contribution in [3.8, 4) is 0 Å². The standard InChI is InChI=1S/C10H20N2O2/c1-2-4-11-6-8-12(9-7-11)5-3-10(13)14/h2-9H2,1H3,(H,13,14). The van der Waals surface area contributed by atoms with Crippen LogP contribution in [0.2, 0.25) is 0 Å². The normalized spacial score (nSPS) is 19.8. The first kappa shape index (κ1) is 11.5. The summed E-state index contributed by atoms with van der Waals surface area (Å²) in [4.78, 5) is 15.0. The molecule has 4 nitrogen and oxygen atoms in total. The lowest BCUT2D eigenvalue weighted by Crippen LogP contribution is -2.46. The molecule has 1 aliphatic rings. The zero-order valence-corrected chi connectivity index (χ0v) is 8.91. The molecule has 0 aromatic carbocycles. The van der Waals surface area contributed by atoms with Gasteiger partial charge in [-0.25, -0.2) is 0 Å². The molecule has 0 radical (unpaired) electrons. The van der Waals surface area contributed by atoms with Gasteiger partial charge < -0.3 is 14.9 Å². The monoisotopic (exact) mass is 200 g/mol. The predicted molar refractivity (Wildman–Crippen MR) is 55.4 cm³/mol. The molecule has 0 amide bonds. The van der Waals surface area contributed by atoms with Gasteiger partial charge in [0.2, 0.25) is 0 Å². The molecule has 0 saturated carbocycles. The summed E-state index contributed by atoms with van der Waals surface area (Å²) in [6.45, 7) is 8.29. The van der Waals surface area contributed by atoms with Crippen molar-refractivity contribution in [1.82, 2.24) is 9.80 Å². The molecule has 82 valence electrons. The van der Waals surface area contributed by atoms with Gasteiger partial charge in [0.1, 0.15) is 0 Å². The molecule has 1 rings (SSSR count). The van der Waals surface area contributed by atoms with Crippen LogP contribution in [0.5, 0.6) is 0 Å². The Morgan fingerprint density at radius 2 is 1.64 bits per heavy atom. The quantitative estimate of drug-likeness (QED) is 0.701. The van der Waals surface area contributed by atoms with Crippen LogP contribution in [0.3, 0.4) is 0 Å². The predicted octanol–water partition coefficient (Wildman–Crippen LogP) is 0.489. The molecule has 1 saturated heterocycles. The van der Waals surface area contributed by atoms with E-state index in [2.05, 4.69) is 16.7 Å². The fourth-order valence-corrected chi connectivity index (χ4v) is 1.81. The lowest BCUT2D eigenvalue weighted by molar-refractivity contribution is -0.137. The van der Waals surface area contributed by atoms with Gasteiger partial charge in [0.25, 0.3) is 0 Å². The molecular weight excluding hydrogens is 180 g/mol. The van der Waals surface area contributed by atoms with E-state index in [1.54, 1.807) is 0 Å². The molecule has 1 heterocycles. The zero-order valence-electron chi connectivity index (χ0n) is 8.91. The van der Waals surface area contributed by atoms with Crippen molar-refractivity contribution in [2.75, 3.05) is 39.3 Å². The van der Waals surface area contributed by atoms with E-state index in [-0.39, 0.29) is 6.42 Å². The first-order chi connectivity index (χ1) is 6.72. The van der Waals surface area contributed by atoms with Crippen LogP contribution in [-0.2, 0) is 4.79 Å². The second-order valence-corrected chi connectivity index (χ2v) is 3.83. The fourth-order valence-electron chi connectivity index (χ4n) is 1.81. The van der Waals surface area contributed by atoms with Crippen LogP contribution >= 0.6 is 0 Å². The zero-order chi connectivity index (χ0) is 10.4. The second kappa shape index (κ2) is 5.98. The van der Waals surface area contributed by atoms with Gasteiger partial charge >= 0.3 is 5.97 Å². The number of carbonyl (C=O) groups is 1. The summed E-state index contributed by atoms with van der Waals surface area (Å²) in [5, 5.41) is 8.54. The van der Waals surface area contributed by atoms with Crippen LogP contribution in [0.1, 0.15) is 19.8 Å². The fraction of sp³-hybridized carbons (Fsp3) is 0.900. The second-order valence-electron chi connectivity index (χ2n) is 3.83. The SMILES string of the molecule is CCCN1CCN(CCC(=O)O)CC1. The molecule has 0 unspecified atom stereocenters. The van der Waals surface area contributed by atoms with Crippen molar-refractivity contribution in [3.63, 3.8) is 0 Å². The highest BCUT2D eigenvalue weighted by Gasteiger charge is 2.15. The Morgan fingerprint density at radius 3 is 2.07 bits per heavy atom. The van der Waals surface area contributed by atoms with Crippen molar-refractivity contribution in [1.29, 1.82) is 0 Å². The summed E-state index contributed by atoms with van der Waals surface area (Å²) in [7, 11) is 0. The lowest BCUT2D eigenvalue weighted by Gasteiger charge is -2.34. The summed E-state index contributed by atoms with van der Waals surface area (Å²) in [5.41, 5.74) is 0. The number of hydrogen-bond acceptors (Lipinski definition) is 3. The van der Waals surface area contributed by atoms with Crippen LogP contribution in [0.15, 0.2) is 0 Å². The third-order valence-corrected chi connectivity index (χ3v) is 2.65. The van der Waals surface area contributed by atoms with E-state index in [0.29, 0.717) is 6.54 Å². The van der Waals surface area contributed by atoms with Gasteiger partial charge in [-0.15, -0.1) is 0 Å². The van der Waals surface area contributed by atoms with Gasteiger partial charge in [0, 0.05) is 32.7 Å². The molecule has 4 heteroatoms. The van der Waals surface area contributed by atoms with Crippen molar-refractivity contribution in [2.24, 2.45) is 0 Å². The summed E-state index contributed by atoms with van der Waals surface area (Å²) in [6, 6.07) is 0. The Kier molecular flexibility index (Phi) is 4.90. The topological polar surface area (TPSA) is 43.8 Å². The third kappa shape index (κ3) is 4.07. The van der Waals surface area contributed by atoms with Gasteiger partial charge in [-0.3, -0.25) is 4.79 Å². The van der Waals surface area contributed by atoms with E-state index in [1.807, 2.05) is 0 Å². The van der Waals surface area contributed by atoms with E-state index >= 15 is 0 Å². The number of aliphatic carboxylic acids is 1. The summed E-state index contributed by atoms with van der Waals surface area (Å²) >= 11 is 0. The molecule has 0 aromatic heterocycles. The Morgan fingerprint density at radius 1 is 1.14 bits per heavy atom. The Balaban J connectivity index is 2.12. The molecule has 0 atom stereocenters. The maximum absolute atomic E-state index is 10.4. The average molecular weight is 200 g/mol. The van der Waals surface area contributed by atoms with Crippen molar-refractivity contribution >= 4 is 5.97 Å². The first-order valence-corrected chi connectivity index (χ1v) is 5.39. The molecule has 14 heavy (non-hydrogen) atoms. The molecule has 1 aliphatic heterocycles.